The van der Waals surface area contributed by atoms with E-state index < -0.39 is 6.16 Å². The van der Waals surface area contributed by atoms with Gasteiger partial charge in [0.1, 0.15) is 5.52 Å². The maximum Gasteiger partial charge on any atom is 0.516 e. The second kappa shape index (κ2) is 5.65. The van der Waals surface area contributed by atoms with E-state index in [1.54, 1.807) is 13.0 Å². The quantitative estimate of drug-likeness (QED) is 0.707. The van der Waals surface area contributed by atoms with Gasteiger partial charge in [0.15, 0.2) is 11.5 Å². The van der Waals surface area contributed by atoms with Crippen molar-refractivity contribution in [2.75, 3.05) is 13.4 Å². The molecule has 0 aliphatic carbocycles. The Bertz CT molecular complexity index is 1050. The SMILES string of the molecule is CCOC(=O)Oc1nc2[nH]c(=O)c3c(CC)cc4c(c3n2n1)OCO4. The summed E-state index contributed by atoms with van der Waals surface area (Å²) >= 11 is 0. The number of nitrogens with zero attached hydrogens (tertiary/aromatic N) is 3. The Kier molecular flexibility index (Phi) is 3.45. The molecule has 0 spiro atoms. The molecule has 0 saturated carbocycles. The van der Waals surface area contributed by atoms with Crippen molar-refractivity contribution in [3.63, 3.8) is 0 Å². The summed E-state index contributed by atoms with van der Waals surface area (Å²) in [5, 5.41) is 4.56. The van der Waals surface area contributed by atoms with Crippen LogP contribution in [0.15, 0.2) is 10.9 Å². The number of H-pyrrole nitrogens is 1. The molecule has 10 nitrogen and oxygen atoms in total. The van der Waals surface area contributed by atoms with Crippen molar-refractivity contribution in [2.24, 2.45) is 0 Å². The van der Waals surface area contributed by atoms with E-state index in [0.717, 1.165) is 5.56 Å². The highest BCUT2D eigenvalue weighted by atomic mass is 16.7. The largest absolute Gasteiger partial charge is 0.516 e. The lowest BCUT2D eigenvalue weighted by Crippen LogP contribution is -2.13. The molecule has 4 rings (SSSR count). The lowest BCUT2D eigenvalue weighted by Gasteiger charge is -2.08. The molecule has 1 N–H and O–H groups in total. The minimum atomic E-state index is -0.927. The highest BCUT2D eigenvalue weighted by Crippen LogP contribution is 2.40. The zero-order valence-corrected chi connectivity index (χ0v) is 13.5. The Morgan fingerprint density at radius 1 is 1.40 bits per heavy atom. The Hall–Kier alpha value is -3.30. The van der Waals surface area contributed by atoms with Gasteiger partial charge in [-0.25, -0.2) is 4.79 Å². The minimum Gasteiger partial charge on any atom is -0.453 e. The molecule has 3 heterocycles. The van der Waals surface area contributed by atoms with Crippen molar-refractivity contribution < 1.29 is 23.7 Å². The summed E-state index contributed by atoms with van der Waals surface area (Å²) in [6.07, 6.45) is -0.313. The van der Waals surface area contributed by atoms with Crippen LogP contribution in [-0.4, -0.2) is 39.1 Å². The number of hydrogen-bond donors (Lipinski definition) is 1. The van der Waals surface area contributed by atoms with Crippen LogP contribution in [0.5, 0.6) is 17.5 Å². The van der Waals surface area contributed by atoms with Crippen LogP contribution in [0.4, 0.5) is 4.79 Å². The van der Waals surface area contributed by atoms with Crippen LogP contribution in [0.25, 0.3) is 16.7 Å². The molecule has 0 saturated heterocycles. The van der Waals surface area contributed by atoms with E-state index in [-0.39, 0.29) is 30.7 Å². The van der Waals surface area contributed by atoms with E-state index in [2.05, 4.69) is 15.1 Å². The van der Waals surface area contributed by atoms with Gasteiger partial charge in [-0.1, -0.05) is 6.92 Å². The summed E-state index contributed by atoms with van der Waals surface area (Å²) in [7, 11) is 0. The first-order valence-corrected chi connectivity index (χ1v) is 7.71. The predicted molar refractivity (Wildman–Crippen MR) is 84.3 cm³/mol. The van der Waals surface area contributed by atoms with E-state index in [0.29, 0.717) is 28.8 Å². The number of aromatic nitrogens is 4. The molecule has 0 amide bonds. The fourth-order valence-corrected chi connectivity index (χ4v) is 2.77. The maximum atomic E-state index is 12.5. The molecule has 25 heavy (non-hydrogen) atoms. The van der Waals surface area contributed by atoms with Gasteiger partial charge in [0.05, 0.1) is 12.0 Å². The van der Waals surface area contributed by atoms with Crippen molar-refractivity contribution >= 4 is 22.8 Å². The summed E-state index contributed by atoms with van der Waals surface area (Å²) in [5.41, 5.74) is 0.857. The van der Waals surface area contributed by atoms with Crippen LogP contribution in [0, 0.1) is 0 Å². The van der Waals surface area contributed by atoms with Gasteiger partial charge in [0.25, 0.3) is 5.56 Å². The summed E-state index contributed by atoms with van der Waals surface area (Å²) in [6, 6.07) is 1.54. The molecule has 0 unspecified atom stereocenters. The maximum absolute atomic E-state index is 12.5. The first-order valence-electron chi connectivity index (χ1n) is 7.71. The Labute approximate surface area is 140 Å². The molecular formula is C15H14N4O6. The second-order valence-electron chi connectivity index (χ2n) is 5.22. The van der Waals surface area contributed by atoms with Gasteiger partial charge in [-0.05, 0) is 25.0 Å². The Balaban J connectivity index is 1.99. The van der Waals surface area contributed by atoms with Gasteiger partial charge >= 0.3 is 12.2 Å². The molecule has 1 aliphatic heterocycles. The fraction of sp³-hybridized carbons (Fsp3) is 0.333. The molecule has 130 valence electrons. The van der Waals surface area contributed by atoms with Gasteiger partial charge in [-0.2, -0.15) is 9.50 Å². The number of fused-ring (bicyclic) bond motifs is 5. The second-order valence-corrected chi connectivity index (χ2v) is 5.22. The topological polar surface area (TPSA) is 117 Å². The van der Waals surface area contributed by atoms with E-state index in [9.17, 15) is 9.59 Å². The van der Waals surface area contributed by atoms with Crippen molar-refractivity contribution in [1.82, 2.24) is 19.6 Å². The van der Waals surface area contributed by atoms with Crippen molar-refractivity contribution in [3.8, 4) is 17.5 Å². The van der Waals surface area contributed by atoms with E-state index in [1.165, 1.54) is 4.52 Å². The zero-order valence-electron chi connectivity index (χ0n) is 13.5. The molecule has 0 atom stereocenters. The summed E-state index contributed by atoms with van der Waals surface area (Å²) < 4.78 is 21.9. The summed E-state index contributed by atoms with van der Waals surface area (Å²) in [5.74, 6) is 1.04. The van der Waals surface area contributed by atoms with E-state index in [1.807, 2.05) is 6.92 Å². The van der Waals surface area contributed by atoms with Gasteiger partial charge in [-0.15, -0.1) is 5.10 Å². The Morgan fingerprint density at radius 2 is 2.24 bits per heavy atom. The van der Waals surface area contributed by atoms with Gasteiger partial charge in [0, 0.05) is 0 Å². The number of hydrogen-bond acceptors (Lipinski definition) is 8. The predicted octanol–water partition coefficient (Wildman–Crippen LogP) is 1.40. The van der Waals surface area contributed by atoms with E-state index >= 15 is 0 Å². The third-order valence-electron chi connectivity index (χ3n) is 3.79. The van der Waals surface area contributed by atoms with Crippen LogP contribution >= 0.6 is 0 Å². The number of aryl methyl sites for hydroxylation is 1. The number of aromatic amines is 1. The highest BCUT2D eigenvalue weighted by Gasteiger charge is 2.25. The summed E-state index contributed by atoms with van der Waals surface area (Å²) in [6.45, 7) is 3.78. The number of benzene rings is 1. The van der Waals surface area contributed by atoms with Gasteiger partial charge < -0.3 is 18.9 Å². The standard InChI is InChI=1S/C15H14N4O6/c1-3-7-5-8-11(24-6-23-8)10-9(7)12(20)16-13-17-14(18-19(10)13)25-15(21)22-4-2/h5H,3-4,6H2,1-2H3,(H,16,17,18,20). The molecule has 0 radical (unpaired) electrons. The normalized spacial score (nSPS) is 12.7. The van der Waals surface area contributed by atoms with Crippen LogP contribution in [0.2, 0.25) is 0 Å². The van der Waals surface area contributed by atoms with Crippen molar-refractivity contribution in [1.29, 1.82) is 0 Å². The molecule has 1 aliphatic rings. The number of carbonyl (C=O) groups is 1. The van der Waals surface area contributed by atoms with E-state index in [4.69, 9.17) is 18.9 Å². The fourth-order valence-electron chi connectivity index (χ4n) is 2.77. The smallest absolute Gasteiger partial charge is 0.453 e. The third kappa shape index (κ3) is 2.33. The molecule has 3 aromatic rings. The third-order valence-corrected chi connectivity index (χ3v) is 3.79. The molecule has 10 heteroatoms. The van der Waals surface area contributed by atoms with Crippen LogP contribution in [0.1, 0.15) is 19.4 Å². The first-order chi connectivity index (χ1) is 12.1. The number of carbonyl (C=O) groups excluding carboxylic acids is 1. The number of nitrogens with one attached hydrogen (secondary N) is 1. The van der Waals surface area contributed by atoms with Gasteiger partial charge in [0.2, 0.25) is 12.6 Å². The van der Waals surface area contributed by atoms with Gasteiger partial charge in [-0.3, -0.25) is 9.78 Å². The summed E-state index contributed by atoms with van der Waals surface area (Å²) in [4.78, 5) is 30.6. The molecule has 2 aromatic heterocycles. The van der Waals surface area contributed by atoms with Crippen LogP contribution < -0.4 is 19.8 Å². The Morgan fingerprint density at radius 3 is 3.00 bits per heavy atom. The molecule has 0 fully saturated rings. The zero-order chi connectivity index (χ0) is 17.6. The average Bonchev–Trinajstić information content (AvgIpc) is 3.19. The lowest BCUT2D eigenvalue weighted by atomic mass is 10.1. The lowest BCUT2D eigenvalue weighted by molar-refractivity contribution is 0.101. The van der Waals surface area contributed by atoms with Crippen LogP contribution in [-0.2, 0) is 11.2 Å². The van der Waals surface area contributed by atoms with Crippen molar-refractivity contribution in [2.45, 2.75) is 20.3 Å². The monoisotopic (exact) mass is 346 g/mol. The number of rotatable bonds is 3. The number of ether oxygens (including phenoxy) is 4. The molecule has 1 aromatic carbocycles. The molecular weight excluding hydrogens is 332 g/mol. The van der Waals surface area contributed by atoms with Crippen molar-refractivity contribution in [3.05, 3.63) is 22.0 Å². The average molecular weight is 346 g/mol. The highest BCUT2D eigenvalue weighted by molar-refractivity contribution is 5.91. The first kappa shape index (κ1) is 15.2. The molecule has 0 bridgehead atoms. The van der Waals surface area contributed by atoms with Crippen LogP contribution in [0.3, 0.4) is 0 Å². The minimum absolute atomic E-state index is 0.0484.